The van der Waals surface area contributed by atoms with Crippen LogP contribution in [-0.4, -0.2) is 115 Å². The van der Waals surface area contributed by atoms with E-state index < -0.39 is 35.8 Å². The Kier molecular flexibility index (Phi) is 11.4. The largest absolute Gasteiger partial charge is 0.467 e. The van der Waals surface area contributed by atoms with Crippen LogP contribution in [0.5, 0.6) is 0 Å². The van der Waals surface area contributed by atoms with Crippen molar-refractivity contribution < 1.29 is 33.4 Å². The molecule has 41 heavy (non-hydrogen) atoms. The van der Waals surface area contributed by atoms with E-state index >= 15 is 0 Å². The third kappa shape index (κ3) is 9.08. The van der Waals surface area contributed by atoms with E-state index in [9.17, 15) is 19.2 Å². The lowest BCUT2D eigenvalue weighted by molar-refractivity contribution is -0.159. The molecule has 3 rings (SSSR count). The topological polar surface area (TPSA) is 109 Å². The third-order valence-electron chi connectivity index (χ3n) is 7.42. The fourth-order valence-electron chi connectivity index (χ4n) is 5.44. The first-order valence-corrected chi connectivity index (χ1v) is 14.4. The van der Waals surface area contributed by atoms with Gasteiger partial charge in [-0.25, -0.2) is 14.4 Å². The fourth-order valence-corrected chi connectivity index (χ4v) is 5.44. The lowest BCUT2D eigenvalue weighted by atomic mass is 9.84. The minimum absolute atomic E-state index is 0.0518. The number of piperazine rings is 1. The van der Waals surface area contributed by atoms with E-state index in [-0.39, 0.29) is 38.1 Å². The van der Waals surface area contributed by atoms with Crippen LogP contribution in [0.25, 0.3) is 0 Å². The molecule has 11 heteroatoms. The molecule has 1 aromatic carbocycles. The summed E-state index contributed by atoms with van der Waals surface area (Å²) in [6, 6.07) is 7.60. The number of nitrogens with zero attached hydrogens (tertiary/aromatic N) is 4. The first-order valence-electron chi connectivity index (χ1n) is 14.4. The molecule has 0 aliphatic carbocycles. The molecule has 0 aromatic heterocycles. The number of likely N-dealkylation sites (tertiary alicyclic amines) is 1. The van der Waals surface area contributed by atoms with Crippen LogP contribution in [0.3, 0.4) is 0 Å². The number of benzene rings is 1. The molecule has 0 bridgehead atoms. The van der Waals surface area contributed by atoms with Crippen molar-refractivity contribution in [3.05, 3.63) is 35.9 Å². The summed E-state index contributed by atoms with van der Waals surface area (Å²) in [6.45, 7) is 6.92. The van der Waals surface area contributed by atoms with Gasteiger partial charge in [-0.3, -0.25) is 9.69 Å². The number of hydrogen-bond donors (Lipinski definition) is 0. The van der Waals surface area contributed by atoms with Gasteiger partial charge in [-0.15, -0.1) is 0 Å². The number of carbonyl (C=O) groups excluding carboxylic acids is 4. The summed E-state index contributed by atoms with van der Waals surface area (Å²) >= 11 is 0. The van der Waals surface area contributed by atoms with Gasteiger partial charge < -0.3 is 28.9 Å². The second kappa shape index (κ2) is 14.5. The minimum atomic E-state index is -1.01. The van der Waals surface area contributed by atoms with Crippen molar-refractivity contribution in [3.8, 4) is 0 Å². The number of hydrogen-bond acceptors (Lipinski definition) is 8. The quantitative estimate of drug-likeness (QED) is 0.344. The van der Waals surface area contributed by atoms with Gasteiger partial charge in [0.1, 0.15) is 24.3 Å². The van der Waals surface area contributed by atoms with Crippen molar-refractivity contribution in [2.75, 3.05) is 53.9 Å². The van der Waals surface area contributed by atoms with E-state index in [4.69, 9.17) is 14.2 Å². The lowest BCUT2D eigenvalue weighted by Gasteiger charge is -2.45. The fraction of sp³-hybridized carbons (Fsp3) is 0.667. The average Bonchev–Trinajstić information content (AvgIpc) is 2.94. The smallest absolute Gasteiger partial charge is 0.410 e. The number of methoxy groups -OCH3 is 1. The van der Waals surface area contributed by atoms with Gasteiger partial charge in [-0.05, 0) is 78.6 Å². The monoisotopic (exact) mass is 574 g/mol. The van der Waals surface area contributed by atoms with Crippen molar-refractivity contribution in [1.82, 2.24) is 19.6 Å². The zero-order chi connectivity index (χ0) is 30.2. The highest BCUT2D eigenvalue weighted by molar-refractivity contribution is 5.91. The number of ether oxygens (including phenoxy) is 3. The molecular weight excluding hydrogens is 528 g/mol. The Morgan fingerprint density at radius 1 is 0.976 bits per heavy atom. The van der Waals surface area contributed by atoms with Gasteiger partial charge >= 0.3 is 18.2 Å². The van der Waals surface area contributed by atoms with Crippen LogP contribution in [0.1, 0.15) is 52.0 Å². The average molecular weight is 575 g/mol. The number of piperidine rings is 1. The SMILES string of the molecule is COC(=O)[C@@H]1CN(C(=O)OC(C)(C)C)CCN1C(=O)C1C(CCCN(C)C)CCCN1C(=O)OCc1ccccc1. The molecule has 228 valence electrons. The normalized spacial score (nSPS) is 21.4. The molecule has 0 spiro atoms. The molecule has 3 amide bonds. The molecule has 2 unspecified atom stereocenters. The predicted molar refractivity (Wildman–Crippen MR) is 153 cm³/mol. The lowest BCUT2D eigenvalue weighted by Crippen LogP contribution is -2.65. The standard InChI is InChI=1S/C30H46N4O7/c1-30(2,3)41-28(37)32-18-19-33(24(20-32)27(36)39-6)26(35)25-23(14-10-16-31(4)5)15-11-17-34(25)29(38)40-21-22-12-8-7-9-13-22/h7-9,12-13,23-25H,10-11,14-21H2,1-6H3/t23?,24-,25?/m0/s1. The van der Waals surface area contributed by atoms with E-state index in [0.717, 1.165) is 37.8 Å². The highest BCUT2D eigenvalue weighted by Crippen LogP contribution is 2.31. The minimum Gasteiger partial charge on any atom is -0.467 e. The summed E-state index contributed by atoms with van der Waals surface area (Å²) in [5, 5.41) is 0. The van der Waals surface area contributed by atoms with Crippen molar-refractivity contribution in [1.29, 1.82) is 0 Å². The Balaban J connectivity index is 1.84. The number of amides is 3. The van der Waals surface area contributed by atoms with Crippen LogP contribution in [0, 0.1) is 5.92 Å². The number of rotatable bonds is 8. The molecular formula is C30H46N4O7. The second-order valence-electron chi connectivity index (χ2n) is 12.0. The van der Waals surface area contributed by atoms with E-state index in [1.54, 1.807) is 20.8 Å². The summed E-state index contributed by atoms with van der Waals surface area (Å²) < 4.78 is 16.2. The van der Waals surface area contributed by atoms with Gasteiger partial charge in [0.15, 0.2) is 0 Å². The van der Waals surface area contributed by atoms with Crippen LogP contribution in [0.4, 0.5) is 9.59 Å². The summed E-state index contributed by atoms with van der Waals surface area (Å²) in [6.07, 6.45) is 2.05. The molecule has 0 radical (unpaired) electrons. The van der Waals surface area contributed by atoms with Gasteiger partial charge in [0.25, 0.3) is 0 Å². The molecule has 1 aromatic rings. The van der Waals surface area contributed by atoms with Crippen molar-refractivity contribution >= 4 is 24.1 Å². The Hall–Kier alpha value is -3.34. The van der Waals surface area contributed by atoms with Crippen molar-refractivity contribution in [2.24, 2.45) is 5.92 Å². The van der Waals surface area contributed by atoms with E-state index in [1.807, 2.05) is 44.4 Å². The highest BCUT2D eigenvalue weighted by atomic mass is 16.6. The zero-order valence-electron chi connectivity index (χ0n) is 25.3. The Bertz CT molecular complexity index is 1040. The Morgan fingerprint density at radius 2 is 1.68 bits per heavy atom. The van der Waals surface area contributed by atoms with Gasteiger partial charge in [-0.1, -0.05) is 30.3 Å². The maximum Gasteiger partial charge on any atom is 0.410 e. The van der Waals surface area contributed by atoms with E-state index in [2.05, 4.69) is 4.90 Å². The van der Waals surface area contributed by atoms with E-state index in [0.29, 0.717) is 6.54 Å². The molecule has 3 atom stereocenters. The van der Waals surface area contributed by atoms with Crippen LogP contribution in [-0.2, 0) is 30.4 Å². The summed E-state index contributed by atoms with van der Waals surface area (Å²) in [5.74, 6) is -1.04. The van der Waals surface area contributed by atoms with Crippen LogP contribution < -0.4 is 0 Å². The molecule has 2 aliphatic rings. The van der Waals surface area contributed by atoms with Crippen LogP contribution in [0.2, 0.25) is 0 Å². The second-order valence-corrected chi connectivity index (χ2v) is 12.0. The number of esters is 1. The van der Waals surface area contributed by atoms with E-state index in [1.165, 1.54) is 21.8 Å². The van der Waals surface area contributed by atoms with Crippen LogP contribution >= 0.6 is 0 Å². The predicted octanol–water partition coefficient (Wildman–Crippen LogP) is 3.37. The molecule has 2 fully saturated rings. The maximum atomic E-state index is 14.3. The Labute approximate surface area is 243 Å². The van der Waals surface area contributed by atoms with Gasteiger partial charge in [-0.2, -0.15) is 0 Å². The summed E-state index contributed by atoms with van der Waals surface area (Å²) in [4.78, 5) is 59.9. The van der Waals surface area contributed by atoms with Crippen molar-refractivity contribution in [3.63, 3.8) is 0 Å². The molecule has 2 saturated heterocycles. The van der Waals surface area contributed by atoms with Crippen molar-refractivity contribution in [2.45, 2.75) is 70.7 Å². The summed E-state index contributed by atoms with van der Waals surface area (Å²) in [5.41, 5.74) is 0.153. The maximum absolute atomic E-state index is 14.3. The number of carbonyl (C=O) groups is 4. The molecule has 11 nitrogen and oxygen atoms in total. The summed E-state index contributed by atoms with van der Waals surface area (Å²) in [7, 11) is 5.26. The third-order valence-corrected chi connectivity index (χ3v) is 7.42. The first-order chi connectivity index (χ1) is 19.4. The molecule has 2 aliphatic heterocycles. The molecule has 2 heterocycles. The zero-order valence-corrected chi connectivity index (χ0v) is 25.3. The van der Waals surface area contributed by atoms with Gasteiger partial charge in [0.05, 0.1) is 13.7 Å². The molecule has 0 N–H and O–H groups in total. The van der Waals surface area contributed by atoms with Gasteiger partial charge in [0.2, 0.25) is 5.91 Å². The Morgan fingerprint density at radius 3 is 2.32 bits per heavy atom. The van der Waals surface area contributed by atoms with Gasteiger partial charge in [0, 0.05) is 19.6 Å². The first kappa shape index (κ1) is 32.2. The van der Waals surface area contributed by atoms with Crippen LogP contribution in [0.15, 0.2) is 30.3 Å². The highest BCUT2D eigenvalue weighted by Gasteiger charge is 2.46. The molecule has 0 saturated carbocycles.